The van der Waals surface area contributed by atoms with E-state index in [1.807, 2.05) is 36.4 Å². The molecule has 1 fully saturated rings. The number of carbonyl (C=O) groups excluding carboxylic acids is 1. The number of carboxylic acids is 1. The molecule has 2 N–H and O–H groups in total. The number of aromatic carboxylic acids is 1. The predicted molar refractivity (Wildman–Crippen MR) is 106 cm³/mol. The van der Waals surface area contributed by atoms with E-state index in [9.17, 15) is 14.7 Å². The smallest absolute Gasteiger partial charge is 0.339 e. The number of carbonyl (C=O) groups is 2. The third-order valence-electron chi connectivity index (χ3n) is 3.60. The number of thioether (sulfide) groups is 1. The number of benzene rings is 2. The van der Waals surface area contributed by atoms with Crippen molar-refractivity contribution in [1.82, 2.24) is 0 Å². The second-order valence-electron chi connectivity index (χ2n) is 5.32. The lowest BCUT2D eigenvalue weighted by Crippen LogP contribution is -2.27. The van der Waals surface area contributed by atoms with Crippen molar-refractivity contribution in [3.63, 3.8) is 0 Å². The van der Waals surface area contributed by atoms with Crippen LogP contribution < -0.4 is 4.90 Å². The normalized spacial score (nSPS) is 16.0. The average molecular weight is 383 g/mol. The number of amides is 1. The second-order valence-corrected chi connectivity index (χ2v) is 6.99. The topological polar surface area (TPSA) is 77.8 Å². The first-order valence-corrected chi connectivity index (χ1v) is 8.76. The average Bonchev–Trinajstić information content (AvgIpc) is 2.90. The van der Waals surface area contributed by atoms with Crippen LogP contribution in [0.25, 0.3) is 6.08 Å². The SMILES string of the molecule is O=C(O)c1cc(N2C(=O)/C(=C/C=C/c3ccccc3)SC2=S)ccc1O. The lowest BCUT2D eigenvalue weighted by Gasteiger charge is -2.15. The summed E-state index contributed by atoms with van der Waals surface area (Å²) in [5, 5.41) is 18.7. The zero-order valence-corrected chi connectivity index (χ0v) is 15.0. The van der Waals surface area contributed by atoms with E-state index in [1.54, 1.807) is 12.2 Å². The number of anilines is 1. The Morgan fingerprint density at radius 1 is 1.15 bits per heavy atom. The van der Waals surface area contributed by atoms with Gasteiger partial charge in [-0.05, 0) is 29.8 Å². The number of hydrogen-bond acceptors (Lipinski definition) is 5. The number of rotatable bonds is 4. The van der Waals surface area contributed by atoms with Gasteiger partial charge in [0.15, 0.2) is 4.32 Å². The molecule has 1 aliphatic rings. The van der Waals surface area contributed by atoms with Crippen molar-refractivity contribution < 1.29 is 19.8 Å². The molecule has 7 heteroatoms. The molecule has 0 aromatic heterocycles. The zero-order chi connectivity index (χ0) is 18.7. The Hall–Kier alpha value is -2.90. The molecular weight excluding hydrogens is 370 g/mol. The van der Waals surface area contributed by atoms with E-state index in [0.29, 0.717) is 14.9 Å². The lowest BCUT2D eigenvalue weighted by molar-refractivity contribution is -0.113. The molecule has 5 nitrogen and oxygen atoms in total. The molecule has 0 spiro atoms. The standard InChI is InChI=1S/C19H13NO4S2/c21-15-10-9-13(11-14(15)18(23)24)20-17(22)16(26-19(20)25)8-4-7-12-5-2-1-3-6-12/h1-11,21H,(H,23,24)/b7-4+,16-8-. The Morgan fingerprint density at radius 3 is 2.58 bits per heavy atom. The van der Waals surface area contributed by atoms with Gasteiger partial charge in [0.2, 0.25) is 0 Å². The maximum Gasteiger partial charge on any atom is 0.339 e. The van der Waals surface area contributed by atoms with Crippen LogP contribution in [0.2, 0.25) is 0 Å². The molecular formula is C19H13NO4S2. The number of carboxylic acid groups (broad SMARTS) is 1. The van der Waals surface area contributed by atoms with Crippen LogP contribution in [-0.4, -0.2) is 26.4 Å². The molecule has 1 aliphatic heterocycles. The van der Waals surface area contributed by atoms with E-state index in [4.69, 9.17) is 17.3 Å². The summed E-state index contributed by atoms with van der Waals surface area (Å²) >= 11 is 6.39. The van der Waals surface area contributed by atoms with E-state index < -0.39 is 5.97 Å². The van der Waals surface area contributed by atoms with Crippen LogP contribution in [-0.2, 0) is 4.79 Å². The maximum absolute atomic E-state index is 12.6. The van der Waals surface area contributed by atoms with E-state index in [-0.39, 0.29) is 17.2 Å². The first-order valence-electron chi connectivity index (χ1n) is 7.53. The van der Waals surface area contributed by atoms with Gasteiger partial charge in [-0.1, -0.05) is 66.5 Å². The van der Waals surface area contributed by atoms with Crippen LogP contribution >= 0.6 is 24.0 Å². The summed E-state index contributed by atoms with van der Waals surface area (Å²) < 4.78 is 0.302. The van der Waals surface area contributed by atoms with E-state index in [1.165, 1.54) is 23.1 Å². The number of phenols is 1. The van der Waals surface area contributed by atoms with Crippen molar-refractivity contribution in [2.45, 2.75) is 0 Å². The van der Waals surface area contributed by atoms with Crippen molar-refractivity contribution >= 4 is 51.9 Å². The summed E-state index contributed by atoms with van der Waals surface area (Å²) in [5.74, 6) is -1.98. The highest BCUT2D eigenvalue weighted by Crippen LogP contribution is 2.36. The van der Waals surface area contributed by atoms with Crippen LogP contribution in [0.1, 0.15) is 15.9 Å². The zero-order valence-electron chi connectivity index (χ0n) is 13.3. The fourth-order valence-corrected chi connectivity index (χ4v) is 3.60. The van der Waals surface area contributed by atoms with Crippen molar-refractivity contribution in [2.24, 2.45) is 0 Å². The molecule has 26 heavy (non-hydrogen) atoms. The second kappa shape index (κ2) is 7.55. The van der Waals surface area contributed by atoms with Gasteiger partial charge in [0.1, 0.15) is 11.3 Å². The van der Waals surface area contributed by atoms with Crippen LogP contribution in [0.15, 0.2) is 65.6 Å². The van der Waals surface area contributed by atoms with Crippen molar-refractivity contribution in [2.75, 3.05) is 4.90 Å². The number of allylic oxidation sites excluding steroid dienone is 2. The highest BCUT2D eigenvalue weighted by molar-refractivity contribution is 8.27. The molecule has 0 bridgehead atoms. The summed E-state index contributed by atoms with van der Waals surface area (Å²) in [6, 6.07) is 13.6. The Morgan fingerprint density at radius 2 is 1.88 bits per heavy atom. The minimum absolute atomic E-state index is 0.287. The largest absolute Gasteiger partial charge is 0.507 e. The molecule has 2 aromatic rings. The minimum atomic E-state index is -1.28. The molecule has 3 rings (SSSR count). The minimum Gasteiger partial charge on any atom is -0.507 e. The molecule has 130 valence electrons. The van der Waals surface area contributed by atoms with Crippen LogP contribution in [0, 0.1) is 0 Å². The maximum atomic E-state index is 12.6. The highest BCUT2D eigenvalue weighted by Gasteiger charge is 2.33. The van der Waals surface area contributed by atoms with Crippen LogP contribution in [0.4, 0.5) is 5.69 Å². The molecule has 1 saturated heterocycles. The van der Waals surface area contributed by atoms with E-state index in [2.05, 4.69) is 0 Å². The number of aromatic hydroxyl groups is 1. The summed E-state index contributed by atoms with van der Waals surface area (Å²) in [5.41, 5.74) is 1.02. The Balaban J connectivity index is 1.85. The molecule has 0 radical (unpaired) electrons. The third-order valence-corrected chi connectivity index (χ3v) is 4.92. The van der Waals surface area contributed by atoms with Gasteiger partial charge >= 0.3 is 5.97 Å². The van der Waals surface area contributed by atoms with Gasteiger partial charge in [-0.2, -0.15) is 0 Å². The lowest BCUT2D eigenvalue weighted by atomic mass is 10.1. The van der Waals surface area contributed by atoms with Gasteiger partial charge < -0.3 is 10.2 Å². The molecule has 1 amide bonds. The summed E-state index contributed by atoms with van der Waals surface area (Å²) in [4.78, 5) is 25.5. The number of thiocarbonyl (C=S) groups is 1. The summed E-state index contributed by atoms with van der Waals surface area (Å²) in [6.45, 7) is 0. The van der Waals surface area contributed by atoms with E-state index in [0.717, 1.165) is 17.3 Å². The molecule has 0 unspecified atom stereocenters. The van der Waals surface area contributed by atoms with Gasteiger partial charge in [-0.3, -0.25) is 9.69 Å². The summed E-state index contributed by atoms with van der Waals surface area (Å²) in [7, 11) is 0. The predicted octanol–water partition coefficient (Wildman–Crippen LogP) is 4.05. The molecule has 0 atom stereocenters. The number of nitrogens with zero attached hydrogens (tertiary/aromatic N) is 1. The van der Waals surface area contributed by atoms with Crippen molar-refractivity contribution in [3.8, 4) is 5.75 Å². The van der Waals surface area contributed by atoms with Crippen LogP contribution in [0.3, 0.4) is 0 Å². The molecule has 1 heterocycles. The van der Waals surface area contributed by atoms with E-state index >= 15 is 0 Å². The fourth-order valence-electron chi connectivity index (χ4n) is 2.35. The quantitative estimate of drug-likeness (QED) is 0.613. The number of hydrogen-bond donors (Lipinski definition) is 2. The first kappa shape index (κ1) is 17.9. The van der Waals surface area contributed by atoms with Crippen LogP contribution in [0.5, 0.6) is 5.75 Å². The van der Waals surface area contributed by atoms with Gasteiger partial charge in [0.25, 0.3) is 5.91 Å². The Kier molecular flexibility index (Phi) is 5.20. The van der Waals surface area contributed by atoms with Gasteiger partial charge in [0, 0.05) is 0 Å². The highest BCUT2D eigenvalue weighted by atomic mass is 32.2. The Labute approximate surface area is 159 Å². The fraction of sp³-hybridized carbons (Fsp3) is 0. The molecule has 2 aromatic carbocycles. The van der Waals surface area contributed by atoms with Gasteiger partial charge in [-0.25, -0.2) is 4.79 Å². The van der Waals surface area contributed by atoms with Crippen molar-refractivity contribution in [3.05, 3.63) is 76.7 Å². The van der Waals surface area contributed by atoms with Gasteiger partial charge in [0.05, 0.1) is 10.6 Å². The monoisotopic (exact) mass is 383 g/mol. The summed E-state index contributed by atoms with van der Waals surface area (Å²) in [6.07, 6.45) is 5.31. The van der Waals surface area contributed by atoms with Crippen molar-refractivity contribution in [1.29, 1.82) is 0 Å². The first-order chi connectivity index (χ1) is 12.5. The third kappa shape index (κ3) is 3.68. The molecule has 0 aliphatic carbocycles. The van der Waals surface area contributed by atoms with Gasteiger partial charge in [-0.15, -0.1) is 0 Å². The molecule has 0 saturated carbocycles. The Bertz CT molecular complexity index is 951.